The highest BCUT2D eigenvalue weighted by atomic mass is 16.6. The number of carbonyl (C=O) groups excluding carboxylic acids is 1. The molecule has 2 bridgehead atoms. The molecule has 2 heterocycles. The summed E-state index contributed by atoms with van der Waals surface area (Å²) in [6, 6.07) is 24.9. The summed E-state index contributed by atoms with van der Waals surface area (Å²) in [5.41, 5.74) is 6.40. The van der Waals surface area contributed by atoms with Crippen molar-refractivity contribution in [2.75, 3.05) is 19.8 Å². The fraction of sp³-hybridized carbons (Fsp3) is 0.406. The third kappa shape index (κ3) is 4.55. The molecule has 1 N–H and O–H groups in total. The van der Waals surface area contributed by atoms with Gasteiger partial charge in [-0.2, -0.15) is 0 Å². The average molecular weight is 498 g/mol. The van der Waals surface area contributed by atoms with Gasteiger partial charge in [0, 0.05) is 12.3 Å². The van der Waals surface area contributed by atoms with Crippen LogP contribution < -0.4 is 0 Å². The molecular formula is C32H35NO4. The molecule has 37 heavy (non-hydrogen) atoms. The summed E-state index contributed by atoms with van der Waals surface area (Å²) in [6.07, 6.45) is 1.25. The lowest BCUT2D eigenvalue weighted by atomic mass is 9.77. The molecule has 0 radical (unpaired) electrons. The molecule has 1 aliphatic carbocycles. The largest absolute Gasteiger partial charge is 0.448 e. The first kappa shape index (κ1) is 24.2. The molecule has 2 aliphatic heterocycles. The molecule has 5 nitrogen and oxygen atoms in total. The van der Waals surface area contributed by atoms with E-state index in [4.69, 9.17) is 9.47 Å². The summed E-state index contributed by atoms with van der Waals surface area (Å²) in [7, 11) is 0. The predicted octanol–water partition coefficient (Wildman–Crippen LogP) is 5.90. The molecule has 2 atom stereocenters. The monoisotopic (exact) mass is 497 g/mol. The van der Waals surface area contributed by atoms with E-state index in [0.29, 0.717) is 45.0 Å². The van der Waals surface area contributed by atoms with Crippen LogP contribution >= 0.6 is 0 Å². The molecule has 1 amide bonds. The van der Waals surface area contributed by atoms with Crippen LogP contribution in [0.15, 0.2) is 72.8 Å². The number of fused-ring (bicyclic) bond motifs is 5. The zero-order valence-corrected chi connectivity index (χ0v) is 21.6. The fourth-order valence-electron chi connectivity index (χ4n) is 6.59. The van der Waals surface area contributed by atoms with E-state index in [-0.39, 0.29) is 24.1 Å². The molecule has 2 fully saturated rings. The standard InChI is InChI=1S/C32H35NO4/c1-21(2)23-13-11-22(12-14-23)15-32(35)16-24-18-36-19-25(17-32)33(24)31(34)37-20-30-28-9-5-3-7-26(28)27-8-4-6-10-29(27)30/h3-14,21,24-25,30,35H,15-20H2,1-2H3. The highest BCUT2D eigenvalue weighted by Gasteiger charge is 2.48. The summed E-state index contributed by atoms with van der Waals surface area (Å²) in [6.45, 7) is 5.52. The lowest BCUT2D eigenvalue weighted by Gasteiger charge is -2.51. The van der Waals surface area contributed by atoms with E-state index in [1.54, 1.807) is 0 Å². The Morgan fingerprint density at radius 2 is 1.51 bits per heavy atom. The van der Waals surface area contributed by atoms with E-state index in [9.17, 15) is 9.90 Å². The Morgan fingerprint density at radius 1 is 0.946 bits per heavy atom. The summed E-state index contributed by atoms with van der Waals surface area (Å²) >= 11 is 0. The van der Waals surface area contributed by atoms with Gasteiger partial charge in [0.1, 0.15) is 6.61 Å². The first-order chi connectivity index (χ1) is 17.9. The summed E-state index contributed by atoms with van der Waals surface area (Å²) in [4.78, 5) is 15.3. The minimum absolute atomic E-state index is 0.0305. The number of nitrogens with zero attached hydrogens (tertiary/aromatic N) is 1. The number of benzene rings is 3. The Balaban J connectivity index is 1.15. The molecule has 3 aromatic carbocycles. The Bertz CT molecular complexity index is 1220. The molecular weight excluding hydrogens is 462 g/mol. The van der Waals surface area contributed by atoms with Gasteiger partial charge in [0.15, 0.2) is 0 Å². The zero-order chi connectivity index (χ0) is 25.6. The molecule has 192 valence electrons. The maximum absolute atomic E-state index is 13.4. The molecule has 0 aromatic heterocycles. The van der Waals surface area contributed by atoms with Gasteiger partial charge in [0.2, 0.25) is 0 Å². The van der Waals surface area contributed by atoms with Gasteiger partial charge < -0.3 is 14.6 Å². The Kier molecular flexibility index (Phi) is 6.29. The lowest BCUT2D eigenvalue weighted by Crippen LogP contribution is -2.64. The second kappa shape index (κ2) is 9.62. The number of piperidine rings is 1. The van der Waals surface area contributed by atoms with Gasteiger partial charge in [-0.3, -0.25) is 4.90 Å². The van der Waals surface area contributed by atoms with Crippen LogP contribution in [-0.2, 0) is 15.9 Å². The van der Waals surface area contributed by atoms with Crippen molar-refractivity contribution in [3.8, 4) is 11.1 Å². The number of hydrogen-bond donors (Lipinski definition) is 1. The van der Waals surface area contributed by atoms with E-state index in [0.717, 1.165) is 5.56 Å². The number of amides is 1. The number of carbonyl (C=O) groups is 1. The molecule has 2 unspecified atom stereocenters. The number of morpholine rings is 1. The van der Waals surface area contributed by atoms with Crippen LogP contribution in [0, 0.1) is 0 Å². The van der Waals surface area contributed by atoms with Gasteiger partial charge >= 0.3 is 6.09 Å². The van der Waals surface area contributed by atoms with Crippen LogP contribution in [0.5, 0.6) is 0 Å². The predicted molar refractivity (Wildman–Crippen MR) is 144 cm³/mol. The van der Waals surface area contributed by atoms with E-state index in [1.165, 1.54) is 27.8 Å². The van der Waals surface area contributed by atoms with Crippen molar-refractivity contribution in [3.63, 3.8) is 0 Å². The maximum Gasteiger partial charge on any atom is 0.410 e. The average Bonchev–Trinajstić information content (AvgIpc) is 3.20. The third-order valence-electron chi connectivity index (χ3n) is 8.36. The van der Waals surface area contributed by atoms with Gasteiger partial charge in [-0.25, -0.2) is 4.79 Å². The van der Waals surface area contributed by atoms with Gasteiger partial charge in [0.05, 0.1) is 30.9 Å². The first-order valence-electron chi connectivity index (χ1n) is 13.4. The number of rotatable bonds is 5. The normalized spacial score (nSPS) is 24.6. The topological polar surface area (TPSA) is 59.0 Å². The van der Waals surface area contributed by atoms with E-state index >= 15 is 0 Å². The van der Waals surface area contributed by atoms with Crippen LogP contribution in [0.1, 0.15) is 60.8 Å². The minimum Gasteiger partial charge on any atom is -0.448 e. The van der Waals surface area contributed by atoms with Crippen molar-refractivity contribution < 1.29 is 19.4 Å². The van der Waals surface area contributed by atoms with Crippen molar-refractivity contribution >= 4 is 6.09 Å². The van der Waals surface area contributed by atoms with Crippen LogP contribution in [0.4, 0.5) is 4.79 Å². The summed E-state index contributed by atoms with van der Waals surface area (Å²) in [5.74, 6) is 0.511. The van der Waals surface area contributed by atoms with Crippen LogP contribution in [0.3, 0.4) is 0 Å². The smallest absolute Gasteiger partial charge is 0.410 e. The highest BCUT2D eigenvalue weighted by Crippen LogP contribution is 2.45. The van der Waals surface area contributed by atoms with E-state index in [2.05, 4.69) is 74.5 Å². The van der Waals surface area contributed by atoms with Crippen LogP contribution in [0.25, 0.3) is 11.1 Å². The number of aliphatic hydroxyl groups is 1. The Morgan fingerprint density at radius 3 is 2.08 bits per heavy atom. The first-order valence-corrected chi connectivity index (χ1v) is 13.4. The van der Waals surface area contributed by atoms with Gasteiger partial charge in [-0.05, 0) is 52.1 Å². The lowest BCUT2D eigenvalue weighted by molar-refractivity contribution is -0.132. The van der Waals surface area contributed by atoms with Crippen molar-refractivity contribution in [2.45, 2.75) is 62.6 Å². The van der Waals surface area contributed by atoms with Gasteiger partial charge in [-0.1, -0.05) is 86.6 Å². The molecule has 5 heteroatoms. The molecule has 0 spiro atoms. The Hall–Kier alpha value is -3.15. The zero-order valence-electron chi connectivity index (χ0n) is 21.6. The second-order valence-electron chi connectivity index (χ2n) is 11.3. The molecule has 3 aliphatic rings. The van der Waals surface area contributed by atoms with E-state index < -0.39 is 5.60 Å². The molecule has 0 saturated carbocycles. The minimum atomic E-state index is -0.863. The van der Waals surface area contributed by atoms with E-state index in [1.807, 2.05) is 17.0 Å². The number of hydrogen-bond acceptors (Lipinski definition) is 4. The third-order valence-corrected chi connectivity index (χ3v) is 8.36. The van der Waals surface area contributed by atoms with Crippen LogP contribution in [0.2, 0.25) is 0 Å². The molecule has 3 aromatic rings. The van der Waals surface area contributed by atoms with Gasteiger partial charge in [0.25, 0.3) is 0 Å². The fourth-order valence-corrected chi connectivity index (χ4v) is 6.59. The quantitative estimate of drug-likeness (QED) is 0.477. The SMILES string of the molecule is CC(C)c1ccc(CC2(O)CC3COCC(C2)N3C(=O)OCC2c3ccccc3-c3ccccc32)cc1. The second-order valence-corrected chi connectivity index (χ2v) is 11.3. The highest BCUT2D eigenvalue weighted by molar-refractivity contribution is 5.79. The Labute approximate surface area is 219 Å². The summed E-state index contributed by atoms with van der Waals surface area (Å²) in [5, 5.41) is 11.6. The van der Waals surface area contributed by atoms with Crippen molar-refractivity contribution in [2.24, 2.45) is 0 Å². The molecule has 6 rings (SSSR count). The summed E-state index contributed by atoms with van der Waals surface area (Å²) < 4.78 is 11.8. The van der Waals surface area contributed by atoms with Crippen molar-refractivity contribution in [1.29, 1.82) is 0 Å². The van der Waals surface area contributed by atoms with Crippen LogP contribution in [-0.4, -0.2) is 53.6 Å². The van der Waals surface area contributed by atoms with Gasteiger partial charge in [-0.15, -0.1) is 0 Å². The van der Waals surface area contributed by atoms with Crippen molar-refractivity contribution in [3.05, 3.63) is 95.1 Å². The maximum atomic E-state index is 13.4. The molecule has 2 saturated heterocycles. The number of ether oxygens (including phenoxy) is 2. The van der Waals surface area contributed by atoms with Crippen molar-refractivity contribution in [1.82, 2.24) is 4.90 Å².